The third-order valence-electron chi connectivity index (χ3n) is 4.29. The predicted octanol–water partition coefficient (Wildman–Crippen LogP) is 5.55. The van der Waals surface area contributed by atoms with E-state index in [9.17, 15) is 15.4 Å². The first-order valence-electron chi connectivity index (χ1n) is 8.71. The molecule has 0 aliphatic heterocycles. The van der Waals surface area contributed by atoms with Crippen molar-refractivity contribution in [3.05, 3.63) is 94.7 Å². The highest BCUT2D eigenvalue weighted by Gasteiger charge is 2.14. The molecule has 7 heteroatoms. The number of nitro benzene ring substituents is 1. The van der Waals surface area contributed by atoms with Crippen molar-refractivity contribution in [3.63, 3.8) is 0 Å². The fourth-order valence-corrected chi connectivity index (χ4v) is 2.89. The lowest BCUT2D eigenvalue weighted by Gasteiger charge is -2.12. The number of rotatable bonds is 5. The molecule has 0 aliphatic carbocycles. The molecule has 1 N–H and O–H groups in total. The summed E-state index contributed by atoms with van der Waals surface area (Å²) < 4.78 is 5.78. The van der Waals surface area contributed by atoms with E-state index < -0.39 is 4.92 Å². The maximum absolute atomic E-state index is 11.1. The number of pyridine rings is 1. The molecular weight excluding hydrogens is 368 g/mol. The van der Waals surface area contributed by atoms with Crippen LogP contribution in [0.5, 0.6) is 11.5 Å². The Morgan fingerprint density at radius 2 is 1.72 bits per heavy atom. The van der Waals surface area contributed by atoms with Gasteiger partial charge in [0.05, 0.1) is 21.7 Å². The number of non-ortho nitro benzene ring substituents is 1. The van der Waals surface area contributed by atoms with Gasteiger partial charge in [-0.25, -0.2) is 0 Å². The van der Waals surface area contributed by atoms with Crippen LogP contribution in [0.3, 0.4) is 0 Å². The molecule has 0 unspecified atom stereocenters. The van der Waals surface area contributed by atoms with Crippen LogP contribution < -0.4 is 10.1 Å². The lowest BCUT2D eigenvalue weighted by Crippen LogP contribution is -1.98. The summed E-state index contributed by atoms with van der Waals surface area (Å²) in [5.41, 5.74) is 1.96. The van der Waals surface area contributed by atoms with E-state index in [0.717, 1.165) is 5.75 Å². The highest BCUT2D eigenvalue weighted by atomic mass is 16.6. The van der Waals surface area contributed by atoms with Gasteiger partial charge in [0.1, 0.15) is 17.6 Å². The number of benzene rings is 3. The third kappa shape index (κ3) is 3.82. The molecule has 1 heterocycles. The zero-order chi connectivity index (χ0) is 20.2. The van der Waals surface area contributed by atoms with E-state index in [2.05, 4.69) is 16.4 Å². The molecule has 4 rings (SSSR count). The summed E-state index contributed by atoms with van der Waals surface area (Å²) in [5.74, 6) is 1.39. The summed E-state index contributed by atoms with van der Waals surface area (Å²) in [5, 5.41) is 24.3. The number of nitro groups is 1. The van der Waals surface area contributed by atoms with Crippen LogP contribution in [0.4, 0.5) is 17.1 Å². The Morgan fingerprint density at radius 1 is 1.00 bits per heavy atom. The third-order valence-corrected chi connectivity index (χ3v) is 4.29. The molecule has 0 amide bonds. The average molecular weight is 382 g/mol. The summed E-state index contributed by atoms with van der Waals surface area (Å²) in [6.45, 7) is 0. The van der Waals surface area contributed by atoms with Gasteiger partial charge in [-0.3, -0.25) is 15.1 Å². The molecule has 0 fully saturated rings. The minimum atomic E-state index is -0.474. The highest BCUT2D eigenvalue weighted by molar-refractivity contribution is 5.97. The Balaban J connectivity index is 1.67. The van der Waals surface area contributed by atoms with Crippen molar-refractivity contribution in [2.45, 2.75) is 0 Å². The first-order valence-corrected chi connectivity index (χ1v) is 8.71. The van der Waals surface area contributed by atoms with Crippen LogP contribution in [0.15, 0.2) is 79.0 Å². The van der Waals surface area contributed by atoms with Crippen LogP contribution in [0, 0.1) is 21.4 Å². The van der Waals surface area contributed by atoms with Gasteiger partial charge in [0.2, 0.25) is 0 Å². The Bertz CT molecular complexity index is 1230. The lowest BCUT2D eigenvalue weighted by atomic mass is 10.1. The zero-order valence-corrected chi connectivity index (χ0v) is 15.1. The van der Waals surface area contributed by atoms with Gasteiger partial charge in [-0.15, -0.1) is 0 Å². The van der Waals surface area contributed by atoms with Crippen LogP contribution in [-0.2, 0) is 0 Å². The Morgan fingerprint density at radius 3 is 2.41 bits per heavy atom. The van der Waals surface area contributed by atoms with E-state index >= 15 is 0 Å². The first-order chi connectivity index (χ1) is 14.1. The molecule has 0 atom stereocenters. The number of hydrogen-bond acceptors (Lipinski definition) is 6. The van der Waals surface area contributed by atoms with Gasteiger partial charge < -0.3 is 10.1 Å². The number of para-hydroxylation sites is 1. The average Bonchev–Trinajstić information content (AvgIpc) is 2.75. The molecule has 0 aliphatic rings. The van der Waals surface area contributed by atoms with E-state index in [1.54, 1.807) is 18.2 Å². The topological polar surface area (TPSA) is 101 Å². The number of ether oxygens (including phenoxy) is 1. The number of nitrogens with zero attached hydrogens (tertiary/aromatic N) is 3. The SMILES string of the molecule is N#Cc1cnc2ccc([N+](=O)[O-])cc2c1Nc1ccc(Oc2ccccc2)cc1. The summed E-state index contributed by atoms with van der Waals surface area (Å²) in [6.07, 6.45) is 1.45. The second-order valence-corrected chi connectivity index (χ2v) is 6.18. The number of nitriles is 1. The molecule has 0 saturated carbocycles. The van der Waals surface area contributed by atoms with Gasteiger partial charge in [-0.1, -0.05) is 18.2 Å². The Labute approximate surface area is 166 Å². The molecular formula is C22H14N4O3. The number of nitrogens with one attached hydrogen (secondary N) is 1. The first kappa shape index (κ1) is 17.9. The molecule has 7 nitrogen and oxygen atoms in total. The standard InChI is InChI=1S/C22H14N4O3/c23-13-15-14-24-21-11-8-17(26(27)28)12-20(21)22(15)25-16-6-9-19(10-7-16)29-18-4-2-1-3-5-18/h1-12,14H,(H,24,25). The van der Waals surface area contributed by atoms with Crippen LogP contribution in [0.2, 0.25) is 0 Å². The minimum absolute atomic E-state index is 0.0657. The van der Waals surface area contributed by atoms with E-state index in [1.165, 1.54) is 18.3 Å². The molecule has 0 radical (unpaired) electrons. The second-order valence-electron chi connectivity index (χ2n) is 6.18. The smallest absolute Gasteiger partial charge is 0.270 e. The fourth-order valence-electron chi connectivity index (χ4n) is 2.89. The largest absolute Gasteiger partial charge is 0.457 e. The highest BCUT2D eigenvalue weighted by Crippen LogP contribution is 2.32. The van der Waals surface area contributed by atoms with Crippen LogP contribution in [0.1, 0.15) is 5.56 Å². The number of anilines is 2. The predicted molar refractivity (Wildman–Crippen MR) is 109 cm³/mol. The van der Waals surface area contributed by atoms with Crippen molar-refractivity contribution >= 4 is 28.0 Å². The van der Waals surface area contributed by atoms with Crippen molar-refractivity contribution in [1.29, 1.82) is 5.26 Å². The van der Waals surface area contributed by atoms with Crippen molar-refractivity contribution in [2.75, 3.05) is 5.32 Å². The van der Waals surface area contributed by atoms with E-state index in [-0.39, 0.29) is 5.69 Å². The van der Waals surface area contributed by atoms with Crippen molar-refractivity contribution in [2.24, 2.45) is 0 Å². The van der Waals surface area contributed by atoms with Crippen LogP contribution in [0.25, 0.3) is 10.9 Å². The van der Waals surface area contributed by atoms with Gasteiger partial charge in [-0.05, 0) is 42.5 Å². The molecule has 0 spiro atoms. The van der Waals surface area contributed by atoms with Crippen LogP contribution in [-0.4, -0.2) is 9.91 Å². The van der Waals surface area contributed by atoms with E-state index in [4.69, 9.17) is 4.74 Å². The van der Waals surface area contributed by atoms with Crippen molar-refractivity contribution in [3.8, 4) is 17.6 Å². The van der Waals surface area contributed by atoms with Crippen molar-refractivity contribution in [1.82, 2.24) is 4.98 Å². The summed E-state index contributed by atoms with van der Waals surface area (Å²) in [4.78, 5) is 14.9. The summed E-state index contributed by atoms with van der Waals surface area (Å²) >= 11 is 0. The monoisotopic (exact) mass is 382 g/mol. The molecule has 1 aromatic heterocycles. The van der Waals surface area contributed by atoms with Gasteiger partial charge in [-0.2, -0.15) is 5.26 Å². The van der Waals surface area contributed by atoms with Crippen molar-refractivity contribution < 1.29 is 9.66 Å². The maximum Gasteiger partial charge on any atom is 0.270 e. The molecule has 29 heavy (non-hydrogen) atoms. The maximum atomic E-state index is 11.1. The molecule has 0 saturated heterocycles. The van der Waals surface area contributed by atoms with Gasteiger partial charge in [0, 0.05) is 29.4 Å². The lowest BCUT2D eigenvalue weighted by molar-refractivity contribution is -0.384. The van der Waals surface area contributed by atoms with E-state index in [0.29, 0.717) is 33.6 Å². The normalized spacial score (nSPS) is 10.3. The second kappa shape index (κ2) is 7.66. The van der Waals surface area contributed by atoms with Crippen LogP contribution >= 0.6 is 0 Å². The Kier molecular flexibility index (Phi) is 4.74. The number of hydrogen-bond donors (Lipinski definition) is 1. The molecule has 3 aromatic carbocycles. The van der Waals surface area contributed by atoms with Gasteiger partial charge in [0.25, 0.3) is 5.69 Å². The van der Waals surface area contributed by atoms with Gasteiger partial charge >= 0.3 is 0 Å². The summed E-state index contributed by atoms with van der Waals surface area (Å²) in [6, 6.07) is 23.1. The Hall–Kier alpha value is -4.44. The zero-order valence-electron chi connectivity index (χ0n) is 15.1. The molecule has 4 aromatic rings. The quantitative estimate of drug-likeness (QED) is 0.359. The summed E-state index contributed by atoms with van der Waals surface area (Å²) in [7, 11) is 0. The minimum Gasteiger partial charge on any atom is -0.457 e. The van der Waals surface area contributed by atoms with E-state index in [1.807, 2.05) is 42.5 Å². The number of aromatic nitrogens is 1. The van der Waals surface area contributed by atoms with Gasteiger partial charge in [0.15, 0.2) is 0 Å². The molecule has 140 valence electrons. The number of fused-ring (bicyclic) bond motifs is 1. The molecule has 0 bridgehead atoms. The fraction of sp³-hybridized carbons (Fsp3) is 0.